The van der Waals surface area contributed by atoms with Gasteiger partial charge in [0.05, 0.1) is 27.0 Å². The van der Waals surface area contributed by atoms with E-state index in [2.05, 4.69) is 5.32 Å². The van der Waals surface area contributed by atoms with Gasteiger partial charge >= 0.3 is 0 Å². The quantitative estimate of drug-likeness (QED) is 0.568. The minimum atomic E-state index is -0.952. The van der Waals surface area contributed by atoms with E-state index in [0.29, 0.717) is 0 Å². The van der Waals surface area contributed by atoms with E-state index >= 15 is 0 Å². The van der Waals surface area contributed by atoms with E-state index in [1.165, 1.54) is 0 Å². The molecule has 0 aromatic heterocycles. The predicted octanol–water partition coefficient (Wildman–Crippen LogP) is 3.54. The maximum atomic E-state index is 11.4. The van der Waals surface area contributed by atoms with Crippen molar-refractivity contribution in [1.82, 2.24) is 5.32 Å². The fraction of sp³-hybridized carbons (Fsp3) is 0.125. The van der Waals surface area contributed by atoms with Gasteiger partial charge in [-0.3, -0.25) is 4.79 Å². The molecular weight excluding hydrogens is 268 g/mol. The van der Waals surface area contributed by atoms with Crippen LogP contribution in [0.5, 0.6) is 0 Å². The fourth-order valence-electron chi connectivity index (χ4n) is 1.22. The highest BCUT2D eigenvalue weighted by molar-refractivity contribution is 6.53. The number of hydrogen-bond acceptors (Lipinski definition) is 1. The van der Waals surface area contributed by atoms with Gasteiger partial charge in [0.25, 0.3) is 5.91 Å². The molecule has 0 saturated heterocycles. The molecular formula is C8H3Cl4NO. The zero-order valence-electron chi connectivity index (χ0n) is 7.50. The third-order valence-electron chi connectivity index (χ3n) is 1.88. The van der Waals surface area contributed by atoms with Crippen LogP contribution in [0, 0.1) is 0 Å². The van der Waals surface area contributed by atoms with Crippen molar-refractivity contribution in [3.05, 3.63) is 31.2 Å². The molecule has 1 heterocycles. The van der Waals surface area contributed by atoms with Crippen LogP contribution in [0.1, 0.15) is 17.3 Å². The molecule has 0 bridgehead atoms. The summed E-state index contributed by atoms with van der Waals surface area (Å²) in [6.45, 7) is -0.952. The molecule has 1 aliphatic rings. The molecule has 6 heteroatoms. The van der Waals surface area contributed by atoms with Crippen molar-refractivity contribution in [2.45, 2.75) is 6.52 Å². The van der Waals surface area contributed by atoms with Gasteiger partial charge in [-0.2, -0.15) is 0 Å². The van der Waals surface area contributed by atoms with Gasteiger partial charge in [0.1, 0.15) is 0 Å². The summed E-state index contributed by atoms with van der Waals surface area (Å²) in [4.78, 5) is 11.4. The second kappa shape index (κ2) is 3.46. The summed E-state index contributed by atoms with van der Waals surface area (Å²) in [5.74, 6) is -0.463. The molecule has 1 aromatic rings. The highest BCUT2D eigenvalue weighted by atomic mass is 35.5. The molecule has 1 amide bonds. The highest BCUT2D eigenvalue weighted by Gasteiger charge is 2.28. The zero-order chi connectivity index (χ0) is 11.3. The number of halogens is 4. The van der Waals surface area contributed by atoms with Gasteiger partial charge in [-0.15, -0.1) is 0 Å². The summed E-state index contributed by atoms with van der Waals surface area (Å²) in [6, 6.07) is 0. The second-order valence-electron chi connectivity index (χ2n) is 2.66. The summed E-state index contributed by atoms with van der Waals surface area (Å²) in [5.41, 5.74) is 0.414. The topological polar surface area (TPSA) is 29.1 Å². The molecule has 1 aliphatic heterocycles. The number of fused-ring (bicyclic) bond motifs is 1. The minimum Gasteiger partial charge on any atom is -0.348 e. The van der Waals surface area contributed by atoms with Gasteiger partial charge in [-0.25, -0.2) is 0 Å². The summed E-state index contributed by atoms with van der Waals surface area (Å²) >= 11 is 23.3. The van der Waals surface area contributed by atoms with E-state index < -0.39 is 12.4 Å². The molecule has 0 radical (unpaired) electrons. The van der Waals surface area contributed by atoms with Crippen molar-refractivity contribution < 1.29 is 6.17 Å². The van der Waals surface area contributed by atoms with Crippen molar-refractivity contribution in [3.63, 3.8) is 0 Å². The van der Waals surface area contributed by atoms with E-state index in [9.17, 15) is 4.79 Å². The number of hydrogen-bond donors (Lipinski definition) is 1. The number of benzene rings is 1. The van der Waals surface area contributed by atoms with Crippen LogP contribution in [0.4, 0.5) is 0 Å². The van der Waals surface area contributed by atoms with Crippen molar-refractivity contribution in [2.75, 3.05) is 0 Å². The first-order valence-corrected chi connectivity index (χ1v) is 5.05. The number of carbonyl (C=O) groups excluding carboxylic acids is 1. The van der Waals surface area contributed by atoms with E-state index in [1.807, 2.05) is 0 Å². The average molecular weight is 272 g/mol. The van der Waals surface area contributed by atoms with Gasteiger partial charge in [0.2, 0.25) is 0 Å². The zero-order valence-corrected chi connectivity index (χ0v) is 9.52. The minimum absolute atomic E-state index is 0.0336. The highest BCUT2D eigenvalue weighted by Crippen LogP contribution is 2.42. The molecule has 2 nitrogen and oxygen atoms in total. The second-order valence-corrected chi connectivity index (χ2v) is 4.17. The van der Waals surface area contributed by atoms with Crippen LogP contribution in [0.15, 0.2) is 0 Å². The van der Waals surface area contributed by atoms with E-state index in [0.717, 1.165) is 0 Å². The molecule has 1 N–H and O–H groups in total. The Morgan fingerprint density at radius 1 is 1.07 bits per heavy atom. The van der Waals surface area contributed by atoms with E-state index in [1.54, 1.807) is 0 Å². The van der Waals surface area contributed by atoms with Gasteiger partial charge in [0.15, 0.2) is 0 Å². The SMILES string of the molecule is [2H]C1NC(=O)c2c(Cl)c(Cl)c(Cl)c(Cl)c21. The van der Waals surface area contributed by atoms with Crippen LogP contribution in [-0.2, 0) is 6.52 Å². The first-order chi connectivity index (χ1) is 6.95. The van der Waals surface area contributed by atoms with Crippen LogP contribution in [-0.4, -0.2) is 5.91 Å². The molecule has 0 aliphatic carbocycles. The maximum absolute atomic E-state index is 11.4. The summed E-state index contributed by atoms with van der Waals surface area (Å²) in [5, 5.41) is 2.59. The summed E-state index contributed by atoms with van der Waals surface area (Å²) < 4.78 is 7.57. The number of amides is 1. The van der Waals surface area contributed by atoms with E-state index in [-0.39, 0.29) is 31.2 Å². The molecule has 1 atom stereocenters. The van der Waals surface area contributed by atoms with Crippen LogP contribution in [0.2, 0.25) is 20.1 Å². The van der Waals surface area contributed by atoms with Gasteiger partial charge in [-0.1, -0.05) is 46.4 Å². The van der Waals surface area contributed by atoms with Crippen LogP contribution in [0.3, 0.4) is 0 Å². The normalized spacial score (nSPS) is 20.4. The van der Waals surface area contributed by atoms with Gasteiger partial charge in [-0.05, 0) is 0 Å². The Kier molecular flexibility index (Phi) is 2.25. The Bertz CT molecular complexity index is 476. The molecule has 2 rings (SSSR count). The monoisotopic (exact) mass is 270 g/mol. The number of rotatable bonds is 0. The van der Waals surface area contributed by atoms with Crippen LogP contribution in [0.25, 0.3) is 0 Å². The smallest absolute Gasteiger partial charge is 0.253 e. The summed E-state index contributed by atoms with van der Waals surface area (Å²) in [7, 11) is 0. The lowest BCUT2D eigenvalue weighted by Gasteiger charge is -2.07. The lowest BCUT2D eigenvalue weighted by atomic mass is 10.1. The van der Waals surface area contributed by atoms with Crippen LogP contribution >= 0.6 is 46.4 Å². The molecule has 0 saturated carbocycles. The molecule has 74 valence electrons. The summed E-state index contributed by atoms with van der Waals surface area (Å²) in [6.07, 6.45) is 0. The van der Waals surface area contributed by atoms with Crippen molar-refractivity contribution in [2.24, 2.45) is 0 Å². The third-order valence-corrected chi connectivity index (χ3v) is 3.69. The number of nitrogens with one attached hydrogen (secondary N) is 1. The first kappa shape index (κ1) is 9.10. The fourth-order valence-corrected chi connectivity index (χ4v) is 2.22. The van der Waals surface area contributed by atoms with Crippen molar-refractivity contribution >= 4 is 52.3 Å². The third kappa shape index (κ3) is 1.29. The first-order valence-electron chi connectivity index (χ1n) is 4.11. The largest absolute Gasteiger partial charge is 0.348 e. The predicted molar refractivity (Wildman–Crippen MR) is 57.7 cm³/mol. The molecule has 1 unspecified atom stereocenters. The Hall–Kier alpha value is -0.150. The van der Waals surface area contributed by atoms with Crippen molar-refractivity contribution in [1.29, 1.82) is 0 Å². The molecule has 1 aromatic carbocycles. The number of carbonyl (C=O) groups is 1. The molecule has 0 spiro atoms. The Balaban J connectivity index is 2.86. The molecule has 0 fully saturated rings. The average Bonchev–Trinajstić information content (AvgIpc) is 2.47. The van der Waals surface area contributed by atoms with Crippen molar-refractivity contribution in [3.8, 4) is 0 Å². The Labute approximate surface area is 101 Å². The standard InChI is InChI=1S/C8H3Cl4NO/c9-4-2-1-13-8(14)3(2)5(10)7(12)6(4)11/h1H2,(H,13,14)/i1D. The van der Waals surface area contributed by atoms with Crippen LogP contribution < -0.4 is 5.32 Å². The lowest BCUT2D eigenvalue weighted by Crippen LogP contribution is -2.12. The lowest BCUT2D eigenvalue weighted by molar-refractivity contribution is 0.0966. The van der Waals surface area contributed by atoms with E-state index in [4.69, 9.17) is 47.8 Å². The maximum Gasteiger partial charge on any atom is 0.253 e. The molecule has 14 heavy (non-hydrogen) atoms. The Morgan fingerprint density at radius 3 is 2.29 bits per heavy atom. The van der Waals surface area contributed by atoms with Gasteiger partial charge in [0, 0.05) is 12.1 Å². The van der Waals surface area contributed by atoms with Gasteiger partial charge < -0.3 is 5.32 Å². The Morgan fingerprint density at radius 2 is 1.64 bits per heavy atom.